The van der Waals surface area contributed by atoms with Crippen LogP contribution in [-0.2, 0) is 14.8 Å². The van der Waals surface area contributed by atoms with Crippen molar-refractivity contribution in [2.75, 3.05) is 22.3 Å². The van der Waals surface area contributed by atoms with E-state index in [0.29, 0.717) is 35.1 Å². The molecule has 2 heterocycles. The van der Waals surface area contributed by atoms with Crippen LogP contribution in [-0.4, -0.2) is 27.4 Å². The summed E-state index contributed by atoms with van der Waals surface area (Å²) in [6.45, 7) is 2.38. The lowest BCUT2D eigenvalue weighted by Crippen LogP contribution is -2.31. The lowest BCUT2D eigenvalue weighted by atomic mass is 10.2. The Hall–Kier alpha value is -1.86. The number of carbonyl (C=O) groups is 1. The summed E-state index contributed by atoms with van der Waals surface area (Å²) in [5.74, 6) is -0.0807. The third-order valence-corrected chi connectivity index (χ3v) is 6.79. The molecule has 0 saturated carbocycles. The highest BCUT2D eigenvalue weighted by Gasteiger charge is 2.31. The lowest BCUT2D eigenvalue weighted by Gasteiger charge is -2.25. The van der Waals surface area contributed by atoms with Gasteiger partial charge >= 0.3 is 0 Å². The van der Waals surface area contributed by atoms with E-state index >= 15 is 0 Å². The Morgan fingerprint density at radius 2 is 1.82 bits per heavy atom. The van der Waals surface area contributed by atoms with Crippen molar-refractivity contribution in [3.8, 4) is 0 Å². The molecule has 5 nitrogen and oxygen atoms in total. The average Bonchev–Trinajstić information content (AvgIpc) is 2.95. The van der Waals surface area contributed by atoms with Crippen molar-refractivity contribution in [2.24, 2.45) is 0 Å². The molecular formula is C15H16N2O3S2. The summed E-state index contributed by atoms with van der Waals surface area (Å²) in [6.07, 6.45) is 0.596. The van der Waals surface area contributed by atoms with Crippen LogP contribution in [0.1, 0.15) is 13.3 Å². The van der Waals surface area contributed by atoms with Gasteiger partial charge in [-0.15, -0.1) is 11.3 Å². The first-order chi connectivity index (χ1) is 10.5. The smallest absolute Gasteiger partial charge is 0.273 e. The van der Waals surface area contributed by atoms with Gasteiger partial charge in [-0.05, 0) is 30.0 Å². The van der Waals surface area contributed by atoms with Crippen LogP contribution in [0.2, 0.25) is 0 Å². The van der Waals surface area contributed by atoms with Gasteiger partial charge in [-0.1, -0.05) is 18.2 Å². The Bertz CT molecular complexity index is 785. The zero-order chi connectivity index (χ0) is 15.7. The number of nitrogens with zero attached hydrogens (tertiary/aromatic N) is 2. The Morgan fingerprint density at radius 1 is 1.09 bits per heavy atom. The molecule has 0 aliphatic carbocycles. The molecule has 1 aromatic heterocycles. The van der Waals surface area contributed by atoms with E-state index in [1.807, 2.05) is 6.07 Å². The molecule has 0 spiro atoms. The maximum atomic E-state index is 12.9. The molecular weight excluding hydrogens is 320 g/mol. The van der Waals surface area contributed by atoms with Crippen molar-refractivity contribution < 1.29 is 13.2 Å². The lowest BCUT2D eigenvalue weighted by molar-refractivity contribution is -0.116. The number of thiophene rings is 1. The van der Waals surface area contributed by atoms with Crippen molar-refractivity contribution in [3.05, 3.63) is 41.8 Å². The molecule has 0 saturated heterocycles. The second-order valence-electron chi connectivity index (χ2n) is 5.02. The predicted octanol–water partition coefficient (Wildman–Crippen LogP) is 2.70. The Balaban J connectivity index is 2.13. The zero-order valence-electron chi connectivity index (χ0n) is 12.1. The molecule has 3 rings (SSSR count). The number of rotatable bonds is 2. The summed E-state index contributed by atoms with van der Waals surface area (Å²) in [5, 5.41) is 1.75. The second-order valence-corrected chi connectivity index (χ2v) is 8.06. The van der Waals surface area contributed by atoms with Crippen LogP contribution in [0.25, 0.3) is 0 Å². The van der Waals surface area contributed by atoms with E-state index in [1.54, 1.807) is 40.6 Å². The molecule has 116 valence electrons. The maximum Gasteiger partial charge on any atom is 0.273 e. The van der Waals surface area contributed by atoms with Gasteiger partial charge < -0.3 is 4.90 Å². The van der Waals surface area contributed by atoms with Crippen molar-refractivity contribution in [3.63, 3.8) is 0 Å². The first-order valence-electron chi connectivity index (χ1n) is 6.95. The molecule has 1 aromatic carbocycles. The summed E-state index contributed by atoms with van der Waals surface area (Å²) in [4.78, 5) is 13.5. The second kappa shape index (κ2) is 5.73. The first-order valence-corrected chi connectivity index (χ1v) is 9.27. The Morgan fingerprint density at radius 3 is 2.45 bits per heavy atom. The minimum Gasteiger partial charge on any atom is -0.311 e. The highest BCUT2D eigenvalue weighted by atomic mass is 32.2. The number of hydrogen-bond acceptors (Lipinski definition) is 4. The standard InChI is InChI=1S/C15H16N2O3S2/c1-12(18)16-9-5-10-17(14-7-3-2-6-13(14)16)22(19,20)15-8-4-11-21-15/h2-4,6-8,11H,5,9-10H2,1H3. The number of fused-ring (bicyclic) bond motifs is 1. The fourth-order valence-corrected chi connectivity index (χ4v) is 5.23. The van der Waals surface area contributed by atoms with Gasteiger partial charge in [-0.25, -0.2) is 8.42 Å². The normalized spacial score (nSPS) is 15.3. The van der Waals surface area contributed by atoms with Gasteiger partial charge in [-0.3, -0.25) is 9.10 Å². The molecule has 1 amide bonds. The average molecular weight is 336 g/mol. The molecule has 1 aliphatic rings. The monoisotopic (exact) mass is 336 g/mol. The molecule has 2 aromatic rings. The number of amides is 1. The van der Waals surface area contributed by atoms with E-state index in [-0.39, 0.29) is 5.91 Å². The fourth-order valence-electron chi connectivity index (χ4n) is 2.61. The van der Waals surface area contributed by atoms with Gasteiger partial charge in [0.25, 0.3) is 10.0 Å². The van der Waals surface area contributed by atoms with Crippen molar-refractivity contribution in [1.82, 2.24) is 0 Å². The van der Waals surface area contributed by atoms with Gasteiger partial charge in [0.15, 0.2) is 0 Å². The van der Waals surface area contributed by atoms with Gasteiger partial charge in [-0.2, -0.15) is 0 Å². The molecule has 0 radical (unpaired) electrons. The van der Waals surface area contributed by atoms with Gasteiger partial charge in [0.05, 0.1) is 11.4 Å². The quantitative estimate of drug-likeness (QED) is 0.847. The number of carbonyl (C=O) groups excluding carboxylic acids is 1. The summed E-state index contributed by atoms with van der Waals surface area (Å²) < 4.78 is 27.5. The number of hydrogen-bond donors (Lipinski definition) is 0. The highest BCUT2D eigenvalue weighted by molar-refractivity contribution is 7.94. The summed E-state index contributed by atoms with van der Waals surface area (Å²) >= 11 is 1.20. The van der Waals surface area contributed by atoms with Crippen LogP contribution in [0.3, 0.4) is 0 Å². The van der Waals surface area contributed by atoms with Crippen LogP contribution < -0.4 is 9.21 Å². The van der Waals surface area contributed by atoms with Crippen LogP contribution >= 0.6 is 11.3 Å². The molecule has 1 aliphatic heterocycles. The van der Waals surface area contributed by atoms with E-state index in [4.69, 9.17) is 0 Å². The van der Waals surface area contributed by atoms with Crippen LogP contribution in [0.4, 0.5) is 11.4 Å². The van der Waals surface area contributed by atoms with Crippen molar-refractivity contribution in [1.29, 1.82) is 0 Å². The largest absolute Gasteiger partial charge is 0.311 e. The Labute approximate surface area is 133 Å². The van der Waals surface area contributed by atoms with Gasteiger partial charge in [0, 0.05) is 20.0 Å². The SMILES string of the molecule is CC(=O)N1CCCN(S(=O)(=O)c2cccs2)c2ccccc21. The van der Waals surface area contributed by atoms with E-state index in [2.05, 4.69) is 0 Å². The third kappa shape index (κ3) is 2.50. The van der Waals surface area contributed by atoms with E-state index in [1.165, 1.54) is 22.6 Å². The zero-order valence-corrected chi connectivity index (χ0v) is 13.7. The number of para-hydroxylation sites is 2. The van der Waals surface area contributed by atoms with Crippen LogP contribution in [0.5, 0.6) is 0 Å². The van der Waals surface area contributed by atoms with E-state index < -0.39 is 10.0 Å². The van der Waals surface area contributed by atoms with E-state index in [0.717, 1.165) is 0 Å². The van der Waals surface area contributed by atoms with E-state index in [9.17, 15) is 13.2 Å². The highest BCUT2D eigenvalue weighted by Crippen LogP contribution is 2.36. The van der Waals surface area contributed by atoms with Crippen LogP contribution in [0.15, 0.2) is 46.0 Å². The summed E-state index contributed by atoms with van der Waals surface area (Å²) in [6, 6.07) is 10.5. The van der Waals surface area contributed by atoms with Gasteiger partial charge in [0.2, 0.25) is 5.91 Å². The minimum atomic E-state index is -3.59. The summed E-state index contributed by atoms with van der Waals surface area (Å²) in [5.41, 5.74) is 1.20. The van der Waals surface area contributed by atoms with Gasteiger partial charge in [0.1, 0.15) is 4.21 Å². The number of sulfonamides is 1. The first kappa shape index (κ1) is 15.1. The summed E-state index contributed by atoms with van der Waals surface area (Å²) in [7, 11) is -3.59. The molecule has 0 fully saturated rings. The topological polar surface area (TPSA) is 57.7 Å². The molecule has 7 heteroatoms. The molecule has 0 atom stereocenters. The predicted molar refractivity (Wildman–Crippen MR) is 87.9 cm³/mol. The maximum absolute atomic E-state index is 12.9. The third-order valence-electron chi connectivity index (χ3n) is 3.60. The fraction of sp³-hybridized carbons (Fsp3) is 0.267. The Kier molecular flexibility index (Phi) is 3.92. The van der Waals surface area contributed by atoms with Crippen LogP contribution in [0, 0.1) is 0 Å². The minimum absolute atomic E-state index is 0.0807. The van der Waals surface area contributed by atoms with Crippen molar-refractivity contribution >= 4 is 38.6 Å². The molecule has 22 heavy (non-hydrogen) atoms. The number of anilines is 2. The molecule has 0 N–H and O–H groups in total. The molecule has 0 unspecified atom stereocenters. The van der Waals surface area contributed by atoms with Crippen molar-refractivity contribution in [2.45, 2.75) is 17.6 Å². The molecule has 0 bridgehead atoms. The number of benzene rings is 1.